The highest BCUT2D eigenvalue weighted by molar-refractivity contribution is 9.10. The van der Waals surface area contributed by atoms with Crippen LogP contribution in [-0.4, -0.2) is 29.2 Å². The van der Waals surface area contributed by atoms with Crippen molar-refractivity contribution in [1.29, 1.82) is 0 Å². The molecule has 0 spiro atoms. The van der Waals surface area contributed by atoms with Crippen LogP contribution in [0.3, 0.4) is 0 Å². The molecule has 1 atom stereocenters. The fourth-order valence-electron chi connectivity index (χ4n) is 4.28. The van der Waals surface area contributed by atoms with Gasteiger partial charge in [-0.1, -0.05) is 89.4 Å². The first-order chi connectivity index (χ1) is 16.6. The number of nitrogens with zero attached hydrogens (tertiary/aromatic N) is 1. The summed E-state index contributed by atoms with van der Waals surface area (Å²) in [5.74, 6) is -0.414. The summed E-state index contributed by atoms with van der Waals surface area (Å²) in [5.41, 5.74) is 3.02. The molecule has 1 N–H and O–H groups in total. The minimum Gasteiger partial charge on any atom is -0.345 e. The van der Waals surface area contributed by atoms with Crippen LogP contribution in [-0.2, 0) is 4.79 Å². The topological polar surface area (TPSA) is 66.5 Å². The van der Waals surface area contributed by atoms with Crippen molar-refractivity contribution in [2.24, 2.45) is 0 Å². The lowest BCUT2D eigenvalue weighted by Gasteiger charge is -2.21. The number of amides is 3. The fraction of sp³-hybridized carbons (Fsp3) is 0.250. The summed E-state index contributed by atoms with van der Waals surface area (Å²) in [6, 6.07) is 24.6. The summed E-state index contributed by atoms with van der Waals surface area (Å²) in [4.78, 5) is 38.9. The van der Waals surface area contributed by atoms with Gasteiger partial charge in [-0.05, 0) is 42.2 Å². The number of benzene rings is 3. The average Bonchev–Trinajstić information content (AvgIpc) is 3.10. The molecule has 3 amide bonds. The van der Waals surface area contributed by atoms with Crippen molar-refractivity contribution in [2.45, 2.75) is 38.1 Å². The first-order valence-corrected chi connectivity index (χ1v) is 12.4. The summed E-state index contributed by atoms with van der Waals surface area (Å²) in [7, 11) is 0. The number of hydrogen-bond donors (Lipinski definition) is 1. The van der Waals surface area contributed by atoms with Crippen LogP contribution in [0, 0.1) is 0 Å². The lowest BCUT2D eigenvalue weighted by Crippen LogP contribution is -2.30. The zero-order chi connectivity index (χ0) is 23.9. The van der Waals surface area contributed by atoms with Crippen LogP contribution in [0.5, 0.6) is 0 Å². The van der Waals surface area contributed by atoms with E-state index in [-0.39, 0.29) is 23.8 Å². The van der Waals surface area contributed by atoms with Crippen LogP contribution < -0.4 is 5.32 Å². The minimum atomic E-state index is -0.224. The molecule has 0 fully saturated rings. The zero-order valence-electron chi connectivity index (χ0n) is 18.9. The molecular formula is C28H27BrN2O3. The third-order valence-electron chi connectivity index (χ3n) is 6.07. The molecule has 1 aliphatic heterocycles. The van der Waals surface area contributed by atoms with Crippen molar-refractivity contribution in [2.75, 3.05) is 6.54 Å². The first kappa shape index (κ1) is 23.9. The molecule has 0 bridgehead atoms. The number of hydrogen-bond acceptors (Lipinski definition) is 3. The Morgan fingerprint density at radius 2 is 1.35 bits per heavy atom. The molecular weight excluding hydrogens is 492 g/mol. The zero-order valence-corrected chi connectivity index (χ0v) is 20.5. The summed E-state index contributed by atoms with van der Waals surface area (Å²) in [6.07, 6.45) is 3.64. The van der Waals surface area contributed by atoms with Gasteiger partial charge in [-0.3, -0.25) is 19.3 Å². The predicted molar refractivity (Wildman–Crippen MR) is 135 cm³/mol. The molecule has 1 heterocycles. The lowest BCUT2D eigenvalue weighted by atomic mass is 9.98. The van der Waals surface area contributed by atoms with E-state index in [0.717, 1.165) is 41.3 Å². The second-order valence-corrected chi connectivity index (χ2v) is 9.26. The van der Waals surface area contributed by atoms with Crippen LogP contribution in [0.1, 0.15) is 70.0 Å². The summed E-state index contributed by atoms with van der Waals surface area (Å²) < 4.78 is 0.956. The van der Waals surface area contributed by atoms with E-state index in [9.17, 15) is 14.4 Å². The summed E-state index contributed by atoms with van der Waals surface area (Å²) in [5, 5.41) is 3.18. The third kappa shape index (κ3) is 5.45. The van der Waals surface area contributed by atoms with Crippen LogP contribution in [0.2, 0.25) is 0 Å². The quantitative estimate of drug-likeness (QED) is 0.268. The number of fused-ring (bicyclic) bond motifs is 1. The van der Waals surface area contributed by atoms with Gasteiger partial charge in [-0.25, -0.2) is 0 Å². The van der Waals surface area contributed by atoms with Crippen LogP contribution in [0.25, 0.3) is 0 Å². The SMILES string of the molecule is O=C(CCCCCCN1C(=O)c2ccccc2C1=O)NC(c1ccccc1)c1ccccc1Br. The Balaban J connectivity index is 1.24. The van der Waals surface area contributed by atoms with E-state index in [4.69, 9.17) is 0 Å². The van der Waals surface area contributed by atoms with Gasteiger partial charge in [-0.15, -0.1) is 0 Å². The van der Waals surface area contributed by atoms with Gasteiger partial charge < -0.3 is 5.32 Å². The second kappa shape index (κ2) is 11.3. The van der Waals surface area contributed by atoms with Crippen LogP contribution >= 0.6 is 15.9 Å². The molecule has 0 radical (unpaired) electrons. The average molecular weight is 519 g/mol. The number of nitrogens with one attached hydrogen (secondary N) is 1. The maximum Gasteiger partial charge on any atom is 0.261 e. The van der Waals surface area contributed by atoms with Gasteiger partial charge in [0.15, 0.2) is 0 Å². The monoisotopic (exact) mass is 518 g/mol. The molecule has 174 valence electrons. The Hall–Kier alpha value is -3.25. The standard InChI is InChI=1S/C28H27BrN2O3/c29-24-17-10-9-16-23(24)26(20-12-4-3-5-13-20)30-25(32)18-6-1-2-11-19-31-27(33)21-14-7-8-15-22(21)28(31)34/h3-5,7-10,12-17,26H,1-2,6,11,18-19H2,(H,30,32). The summed E-state index contributed by atoms with van der Waals surface area (Å²) in [6.45, 7) is 0.413. The minimum absolute atomic E-state index is 0.00459. The molecule has 34 heavy (non-hydrogen) atoms. The first-order valence-electron chi connectivity index (χ1n) is 11.6. The van der Waals surface area contributed by atoms with Crippen LogP contribution in [0.15, 0.2) is 83.3 Å². The van der Waals surface area contributed by atoms with E-state index in [1.807, 2.05) is 54.6 Å². The Labute approximate surface area is 208 Å². The van der Waals surface area contributed by atoms with E-state index in [1.165, 1.54) is 4.90 Å². The van der Waals surface area contributed by atoms with Crippen molar-refractivity contribution in [1.82, 2.24) is 10.2 Å². The van der Waals surface area contributed by atoms with Crippen molar-refractivity contribution >= 4 is 33.7 Å². The lowest BCUT2D eigenvalue weighted by molar-refractivity contribution is -0.121. The maximum absolute atomic E-state index is 12.7. The van der Waals surface area contributed by atoms with Gasteiger partial charge in [0, 0.05) is 17.4 Å². The Bertz CT molecular complexity index is 1140. The van der Waals surface area contributed by atoms with Crippen LogP contribution in [0.4, 0.5) is 0 Å². The van der Waals surface area contributed by atoms with E-state index >= 15 is 0 Å². The van der Waals surface area contributed by atoms with Crippen molar-refractivity contribution in [3.05, 3.63) is 106 Å². The highest BCUT2D eigenvalue weighted by Gasteiger charge is 2.34. The molecule has 0 aliphatic carbocycles. The van der Waals surface area contributed by atoms with E-state index < -0.39 is 0 Å². The molecule has 4 rings (SSSR count). The molecule has 1 unspecified atom stereocenters. The molecule has 3 aromatic carbocycles. The van der Waals surface area contributed by atoms with E-state index in [0.29, 0.717) is 24.1 Å². The Morgan fingerprint density at radius 1 is 0.765 bits per heavy atom. The smallest absolute Gasteiger partial charge is 0.261 e. The van der Waals surface area contributed by atoms with Gasteiger partial charge in [0.1, 0.15) is 0 Å². The molecule has 3 aromatic rings. The number of rotatable bonds is 10. The Morgan fingerprint density at radius 3 is 2.03 bits per heavy atom. The highest BCUT2D eigenvalue weighted by atomic mass is 79.9. The van der Waals surface area contributed by atoms with Gasteiger partial charge in [0.25, 0.3) is 11.8 Å². The predicted octanol–water partition coefficient (Wildman–Crippen LogP) is 5.90. The van der Waals surface area contributed by atoms with Crippen molar-refractivity contribution in [3.8, 4) is 0 Å². The van der Waals surface area contributed by atoms with Crippen molar-refractivity contribution < 1.29 is 14.4 Å². The van der Waals surface area contributed by atoms with Gasteiger partial charge in [0.2, 0.25) is 5.91 Å². The van der Waals surface area contributed by atoms with E-state index in [2.05, 4.69) is 21.2 Å². The summed E-state index contributed by atoms with van der Waals surface area (Å²) >= 11 is 3.61. The number of halogens is 1. The third-order valence-corrected chi connectivity index (χ3v) is 6.79. The molecule has 1 aliphatic rings. The molecule has 0 saturated carbocycles. The molecule has 0 aromatic heterocycles. The molecule has 0 saturated heterocycles. The second-order valence-electron chi connectivity index (χ2n) is 8.40. The number of carbonyl (C=O) groups excluding carboxylic acids is 3. The maximum atomic E-state index is 12.7. The molecule has 5 nitrogen and oxygen atoms in total. The fourth-order valence-corrected chi connectivity index (χ4v) is 4.79. The number of imide groups is 1. The van der Waals surface area contributed by atoms with Crippen molar-refractivity contribution in [3.63, 3.8) is 0 Å². The highest BCUT2D eigenvalue weighted by Crippen LogP contribution is 2.29. The van der Waals surface area contributed by atoms with Gasteiger partial charge in [0.05, 0.1) is 17.2 Å². The molecule has 6 heteroatoms. The Kier molecular flexibility index (Phi) is 7.91. The van der Waals surface area contributed by atoms with Gasteiger partial charge >= 0.3 is 0 Å². The largest absolute Gasteiger partial charge is 0.345 e. The van der Waals surface area contributed by atoms with E-state index in [1.54, 1.807) is 24.3 Å². The number of unbranched alkanes of at least 4 members (excludes halogenated alkanes) is 3. The van der Waals surface area contributed by atoms with Gasteiger partial charge in [-0.2, -0.15) is 0 Å². The number of carbonyl (C=O) groups is 3. The normalized spacial score (nSPS) is 13.6.